The molecule has 1 unspecified atom stereocenters. The van der Waals surface area contributed by atoms with Gasteiger partial charge in [-0.15, -0.1) is 0 Å². The normalized spacial score (nSPS) is 21.3. The van der Waals surface area contributed by atoms with Gasteiger partial charge in [0.2, 0.25) is 5.91 Å². The highest BCUT2D eigenvalue weighted by Crippen LogP contribution is 2.31. The first-order valence-electron chi connectivity index (χ1n) is 9.73. The number of nitrogens with one attached hydrogen (secondary N) is 1. The average molecular weight is 353 g/mol. The smallest absolute Gasteiger partial charge is 0.251 e. The number of carbonyl (C=O) groups is 1. The number of amides is 1. The number of carbonyl (C=O) groups excluding carboxylic acids is 1. The van der Waals surface area contributed by atoms with Crippen molar-refractivity contribution >= 4 is 16.8 Å². The second-order valence-corrected chi connectivity index (χ2v) is 7.78. The van der Waals surface area contributed by atoms with E-state index in [1.54, 1.807) is 0 Å². The molecular weight excluding hydrogens is 326 g/mol. The highest BCUT2D eigenvalue weighted by molar-refractivity contribution is 5.81. The van der Waals surface area contributed by atoms with Gasteiger partial charge in [0, 0.05) is 49.2 Å². The lowest BCUT2D eigenvalue weighted by molar-refractivity contribution is -0.135. The Morgan fingerprint density at radius 1 is 1.23 bits per heavy atom. The Hall–Kier alpha value is -2.14. The number of fused-ring (bicyclic) bond motifs is 1. The summed E-state index contributed by atoms with van der Waals surface area (Å²) in [6.07, 6.45) is 2.89. The van der Waals surface area contributed by atoms with Crippen LogP contribution in [-0.4, -0.2) is 46.4 Å². The van der Waals surface area contributed by atoms with E-state index >= 15 is 0 Å². The molecular formula is C21H27N3O2. The van der Waals surface area contributed by atoms with Crippen LogP contribution in [0.5, 0.6) is 0 Å². The van der Waals surface area contributed by atoms with Crippen LogP contribution in [0.2, 0.25) is 0 Å². The van der Waals surface area contributed by atoms with Gasteiger partial charge in [-0.3, -0.25) is 14.5 Å². The van der Waals surface area contributed by atoms with E-state index in [0.717, 1.165) is 61.9 Å². The van der Waals surface area contributed by atoms with Crippen molar-refractivity contribution < 1.29 is 4.79 Å². The number of aryl methyl sites for hydroxylation is 1. The number of nitrogens with zero attached hydrogens (tertiary/aromatic N) is 2. The summed E-state index contributed by atoms with van der Waals surface area (Å²) in [7, 11) is 0. The van der Waals surface area contributed by atoms with Crippen molar-refractivity contribution in [2.24, 2.45) is 5.92 Å². The first kappa shape index (κ1) is 17.3. The van der Waals surface area contributed by atoms with Crippen molar-refractivity contribution in [1.82, 2.24) is 14.8 Å². The van der Waals surface area contributed by atoms with Crippen LogP contribution in [0.4, 0.5) is 0 Å². The molecule has 5 heteroatoms. The van der Waals surface area contributed by atoms with Crippen LogP contribution in [0, 0.1) is 5.92 Å². The molecule has 2 aromatic rings. The molecule has 1 aliphatic heterocycles. The van der Waals surface area contributed by atoms with E-state index in [2.05, 4.69) is 35.0 Å². The molecule has 1 aliphatic carbocycles. The van der Waals surface area contributed by atoms with Gasteiger partial charge in [-0.25, -0.2) is 0 Å². The van der Waals surface area contributed by atoms with Crippen molar-refractivity contribution in [3.05, 3.63) is 45.7 Å². The topological polar surface area (TPSA) is 56.4 Å². The first-order valence-corrected chi connectivity index (χ1v) is 9.73. The van der Waals surface area contributed by atoms with E-state index in [-0.39, 0.29) is 5.56 Å². The van der Waals surface area contributed by atoms with Crippen LogP contribution < -0.4 is 5.56 Å². The van der Waals surface area contributed by atoms with Crippen LogP contribution in [-0.2, 0) is 17.8 Å². The van der Waals surface area contributed by atoms with Crippen LogP contribution in [0.3, 0.4) is 0 Å². The maximum atomic E-state index is 12.3. The van der Waals surface area contributed by atoms with E-state index in [4.69, 9.17) is 0 Å². The zero-order valence-electron chi connectivity index (χ0n) is 15.6. The van der Waals surface area contributed by atoms with Gasteiger partial charge in [0.1, 0.15) is 0 Å². The summed E-state index contributed by atoms with van der Waals surface area (Å²) in [5, 5.41) is 1.08. The molecule has 5 nitrogen and oxygen atoms in total. The zero-order chi connectivity index (χ0) is 18.3. The number of hydrogen-bond acceptors (Lipinski definition) is 3. The molecule has 1 saturated carbocycles. The Bertz CT molecular complexity index is 884. The van der Waals surface area contributed by atoms with Gasteiger partial charge >= 0.3 is 0 Å². The molecule has 1 aromatic carbocycles. The summed E-state index contributed by atoms with van der Waals surface area (Å²) >= 11 is 0. The van der Waals surface area contributed by atoms with Crippen LogP contribution in [0.15, 0.2) is 29.1 Å². The summed E-state index contributed by atoms with van der Waals surface area (Å²) in [4.78, 5) is 31.8. The molecule has 4 rings (SSSR count). The van der Waals surface area contributed by atoms with Crippen molar-refractivity contribution in [3.63, 3.8) is 0 Å². The molecule has 26 heavy (non-hydrogen) atoms. The number of piperazine rings is 1. The number of rotatable bonds is 4. The minimum atomic E-state index is 0.0118. The van der Waals surface area contributed by atoms with Crippen LogP contribution in [0.25, 0.3) is 10.9 Å². The number of pyridine rings is 1. The Morgan fingerprint density at radius 3 is 2.73 bits per heavy atom. The molecule has 1 N–H and O–H groups in total. The largest absolute Gasteiger partial charge is 0.340 e. The van der Waals surface area contributed by atoms with E-state index in [0.29, 0.717) is 17.9 Å². The second-order valence-electron chi connectivity index (χ2n) is 7.78. The van der Waals surface area contributed by atoms with Crippen LogP contribution in [0.1, 0.15) is 37.8 Å². The van der Waals surface area contributed by atoms with Gasteiger partial charge in [-0.2, -0.15) is 0 Å². The highest BCUT2D eigenvalue weighted by atomic mass is 16.2. The third-order valence-corrected chi connectivity index (χ3v) is 5.76. The summed E-state index contributed by atoms with van der Waals surface area (Å²) < 4.78 is 0. The fourth-order valence-electron chi connectivity index (χ4n) is 3.91. The molecule has 1 atom stereocenters. The van der Waals surface area contributed by atoms with Crippen molar-refractivity contribution in [3.8, 4) is 0 Å². The lowest BCUT2D eigenvalue weighted by atomic mass is 10.1. The summed E-state index contributed by atoms with van der Waals surface area (Å²) in [6, 6.07) is 8.67. The number of H-pyrrole nitrogens is 1. The van der Waals surface area contributed by atoms with Gasteiger partial charge in [0.25, 0.3) is 5.56 Å². The monoisotopic (exact) mass is 353 g/mol. The maximum absolute atomic E-state index is 12.3. The molecule has 0 radical (unpaired) electrons. The minimum absolute atomic E-state index is 0.0118. The Labute approximate surface area is 154 Å². The molecule has 138 valence electrons. The molecule has 0 bridgehead atoms. The lowest BCUT2D eigenvalue weighted by Gasteiger charge is -2.40. The lowest BCUT2D eigenvalue weighted by Crippen LogP contribution is -2.53. The molecule has 2 aliphatic rings. The van der Waals surface area contributed by atoms with Gasteiger partial charge in [-0.05, 0) is 49.3 Å². The Balaban J connectivity index is 1.47. The molecule has 1 aromatic heterocycles. The standard InChI is InChI=1S/C21H27N3O2/c1-3-16-11-18-5-4-15(10-19(18)22-20(16)25)13-23-8-9-24(12-14(23)2)21(26)17-6-7-17/h4-5,10-11,14,17H,3,6-9,12-13H2,1-2H3,(H,22,25). The van der Waals surface area contributed by atoms with Gasteiger partial charge in [0.15, 0.2) is 0 Å². The minimum Gasteiger partial charge on any atom is -0.340 e. The number of aromatic amines is 1. The van der Waals surface area contributed by atoms with Crippen molar-refractivity contribution in [2.75, 3.05) is 19.6 Å². The number of benzene rings is 1. The number of aromatic nitrogens is 1. The maximum Gasteiger partial charge on any atom is 0.251 e. The van der Waals surface area contributed by atoms with E-state index in [1.807, 2.05) is 17.9 Å². The van der Waals surface area contributed by atoms with Crippen molar-refractivity contribution in [2.45, 2.75) is 45.7 Å². The predicted molar refractivity (Wildman–Crippen MR) is 103 cm³/mol. The Morgan fingerprint density at radius 2 is 2.04 bits per heavy atom. The van der Waals surface area contributed by atoms with Crippen molar-refractivity contribution in [1.29, 1.82) is 0 Å². The fourth-order valence-corrected chi connectivity index (χ4v) is 3.91. The van der Waals surface area contributed by atoms with E-state index < -0.39 is 0 Å². The molecule has 1 amide bonds. The first-order chi connectivity index (χ1) is 12.5. The van der Waals surface area contributed by atoms with Gasteiger partial charge < -0.3 is 9.88 Å². The highest BCUT2D eigenvalue weighted by Gasteiger charge is 2.36. The van der Waals surface area contributed by atoms with Gasteiger partial charge in [0.05, 0.1) is 0 Å². The van der Waals surface area contributed by atoms with E-state index in [1.165, 1.54) is 5.56 Å². The summed E-state index contributed by atoms with van der Waals surface area (Å²) in [6.45, 7) is 7.59. The van der Waals surface area contributed by atoms with Crippen LogP contribution >= 0.6 is 0 Å². The third kappa shape index (κ3) is 3.40. The second kappa shape index (κ2) is 6.88. The van der Waals surface area contributed by atoms with E-state index in [9.17, 15) is 9.59 Å². The summed E-state index contributed by atoms with van der Waals surface area (Å²) in [5.74, 6) is 0.658. The SMILES string of the molecule is CCc1cc2ccc(CN3CCN(C(=O)C4CC4)CC3C)cc2[nH]c1=O. The average Bonchev–Trinajstić information content (AvgIpc) is 3.47. The predicted octanol–water partition coefficient (Wildman–Crippen LogP) is 2.53. The molecule has 1 saturated heterocycles. The number of hydrogen-bond donors (Lipinski definition) is 1. The molecule has 2 fully saturated rings. The fraction of sp³-hybridized carbons (Fsp3) is 0.524. The Kier molecular flexibility index (Phi) is 4.57. The van der Waals surface area contributed by atoms with Gasteiger partial charge in [-0.1, -0.05) is 19.1 Å². The molecule has 0 spiro atoms. The third-order valence-electron chi connectivity index (χ3n) is 5.76. The molecule has 2 heterocycles. The zero-order valence-corrected chi connectivity index (χ0v) is 15.6. The quantitative estimate of drug-likeness (QED) is 0.919. The summed E-state index contributed by atoms with van der Waals surface area (Å²) in [5.41, 5.74) is 2.94.